The molecule has 1 rings (SSSR count). The van der Waals surface area contributed by atoms with E-state index < -0.39 is 0 Å². The molecule has 0 bridgehead atoms. The first-order chi connectivity index (χ1) is 8.65. The summed E-state index contributed by atoms with van der Waals surface area (Å²) in [6.07, 6.45) is 2.70. The molecular weight excluding hydrogens is 230 g/mol. The summed E-state index contributed by atoms with van der Waals surface area (Å²) in [4.78, 5) is 17.2. The average Bonchev–Trinajstić information content (AvgIpc) is 2.38. The van der Waals surface area contributed by atoms with E-state index in [1.54, 1.807) is 32.4 Å². The molecule has 1 heterocycles. The minimum atomic E-state index is -0.121. The lowest BCUT2D eigenvalue weighted by Crippen LogP contribution is -2.23. The number of nitrogens with one attached hydrogen (secondary N) is 1. The number of amides is 1. The number of aromatic nitrogens is 1. The largest absolute Gasteiger partial charge is 0.492 e. The fourth-order valence-electron chi connectivity index (χ4n) is 1.39. The fraction of sp³-hybridized carbons (Fsp3) is 0.538. The van der Waals surface area contributed by atoms with Crippen LogP contribution in [0.1, 0.15) is 23.8 Å². The molecule has 1 amide bonds. The Bertz CT molecular complexity index is 380. The monoisotopic (exact) mass is 251 g/mol. The molecule has 0 fully saturated rings. The van der Waals surface area contributed by atoms with Crippen molar-refractivity contribution in [2.45, 2.75) is 13.3 Å². The van der Waals surface area contributed by atoms with Crippen molar-refractivity contribution in [2.24, 2.45) is 0 Å². The van der Waals surface area contributed by atoms with Crippen LogP contribution in [0, 0.1) is 0 Å². The molecule has 0 aliphatic rings. The molecule has 0 saturated carbocycles. The topological polar surface area (TPSA) is 54.5 Å². The number of carbonyl (C=O) groups is 1. The predicted octanol–water partition coefficient (Wildman–Crippen LogP) is 1.16. The predicted molar refractivity (Wildman–Crippen MR) is 70.9 cm³/mol. The zero-order valence-electron chi connectivity index (χ0n) is 11.3. The zero-order chi connectivity index (χ0) is 13.4. The van der Waals surface area contributed by atoms with Crippen LogP contribution in [0.15, 0.2) is 18.3 Å². The highest BCUT2D eigenvalue weighted by Gasteiger charge is 2.10. The number of carbonyl (C=O) groups excluding carboxylic acids is 1. The number of hydrogen-bond donors (Lipinski definition) is 1. The molecule has 0 aliphatic heterocycles. The molecule has 0 spiro atoms. The maximum atomic E-state index is 11.7. The van der Waals surface area contributed by atoms with E-state index >= 15 is 0 Å². The van der Waals surface area contributed by atoms with E-state index in [1.165, 1.54) is 4.90 Å². The summed E-state index contributed by atoms with van der Waals surface area (Å²) in [5.74, 6) is 0.554. The van der Waals surface area contributed by atoms with Crippen molar-refractivity contribution in [3.63, 3.8) is 0 Å². The molecule has 18 heavy (non-hydrogen) atoms. The minimum absolute atomic E-state index is 0.121. The van der Waals surface area contributed by atoms with Gasteiger partial charge >= 0.3 is 0 Å². The quantitative estimate of drug-likeness (QED) is 0.739. The van der Waals surface area contributed by atoms with Crippen molar-refractivity contribution < 1.29 is 9.53 Å². The first-order valence-electron chi connectivity index (χ1n) is 6.16. The summed E-state index contributed by atoms with van der Waals surface area (Å²) >= 11 is 0. The summed E-state index contributed by atoms with van der Waals surface area (Å²) in [6.45, 7) is 4.49. The lowest BCUT2D eigenvalue weighted by Gasteiger charge is -2.11. The van der Waals surface area contributed by atoms with Gasteiger partial charge in [0.1, 0.15) is 18.1 Å². The molecule has 5 heteroatoms. The van der Waals surface area contributed by atoms with Gasteiger partial charge < -0.3 is 15.0 Å². The molecule has 0 aliphatic carbocycles. The Labute approximate surface area is 108 Å². The summed E-state index contributed by atoms with van der Waals surface area (Å²) in [7, 11) is 3.40. The van der Waals surface area contributed by atoms with E-state index in [9.17, 15) is 4.79 Å². The van der Waals surface area contributed by atoms with E-state index in [2.05, 4.69) is 17.2 Å². The van der Waals surface area contributed by atoms with Crippen LogP contribution in [-0.2, 0) is 0 Å². The van der Waals surface area contributed by atoms with Gasteiger partial charge in [-0.25, -0.2) is 0 Å². The fourth-order valence-corrected chi connectivity index (χ4v) is 1.39. The maximum absolute atomic E-state index is 11.7. The Morgan fingerprint density at radius 1 is 1.44 bits per heavy atom. The third-order valence-corrected chi connectivity index (χ3v) is 2.33. The summed E-state index contributed by atoms with van der Waals surface area (Å²) in [6, 6.07) is 3.43. The van der Waals surface area contributed by atoms with Crippen LogP contribution in [0.2, 0.25) is 0 Å². The number of rotatable bonds is 7. The van der Waals surface area contributed by atoms with Crippen LogP contribution in [0.5, 0.6) is 5.75 Å². The molecule has 100 valence electrons. The molecule has 5 nitrogen and oxygen atoms in total. The minimum Gasteiger partial charge on any atom is -0.492 e. The van der Waals surface area contributed by atoms with Crippen LogP contribution in [-0.4, -0.2) is 49.6 Å². The number of pyridine rings is 1. The Hall–Kier alpha value is -1.62. The Kier molecular flexibility index (Phi) is 6.14. The van der Waals surface area contributed by atoms with Crippen LogP contribution >= 0.6 is 0 Å². The van der Waals surface area contributed by atoms with Crippen LogP contribution in [0.3, 0.4) is 0 Å². The van der Waals surface area contributed by atoms with Crippen molar-refractivity contribution in [1.29, 1.82) is 0 Å². The maximum Gasteiger partial charge on any atom is 0.272 e. The van der Waals surface area contributed by atoms with Gasteiger partial charge in [-0.1, -0.05) is 6.92 Å². The van der Waals surface area contributed by atoms with Gasteiger partial charge in [-0.15, -0.1) is 0 Å². The average molecular weight is 251 g/mol. The van der Waals surface area contributed by atoms with Gasteiger partial charge in [-0.05, 0) is 19.0 Å². The Balaban J connectivity index is 2.47. The highest BCUT2D eigenvalue weighted by atomic mass is 16.5. The third-order valence-electron chi connectivity index (χ3n) is 2.33. The van der Waals surface area contributed by atoms with E-state index in [0.717, 1.165) is 19.5 Å². The van der Waals surface area contributed by atoms with Crippen molar-refractivity contribution in [3.05, 3.63) is 24.0 Å². The van der Waals surface area contributed by atoms with Gasteiger partial charge in [-0.2, -0.15) is 0 Å². The Morgan fingerprint density at radius 2 is 2.22 bits per heavy atom. The number of hydrogen-bond acceptors (Lipinski definition) is 4. The van der Waals surface area contributed by atoms with E-state index in [0.29, 0.717) is 18.1 Å². The second kappa shape index (κ2) is 7.66. The van der Waals surface area contributed by atoms with E-state index in [4.69, 9.17) is 4.74 Å². The highest BCUT2D eigenvalue weighted by Crippen LogP contribution is 2.11. The summed E-state index contributed by atoms with van der Waals surface area (Å²) in [5, 5.41) is 3.25. The standard InChI is InChI=1S/C13H21N3O2/c1-4-6-14-8-9-18-11-5-7-15-12(10-11)13(17)16(2)3/h5,7,10,14H,4,6,8-9H2,1-3H3. The SMILES string of the molecule is CCCNCCOc1ccnc(C(=O)N(C)C)c1. The molecule has 0 radical (unpaired) electrons. The molecule has 0 atom stereocenters. The highest BCUT2D eigenvalue weighted by molar-refractivity contribution is 5.92. The van der Waals surface area contributed by atoms with Gasteiger partial charge in [0.2, 0.25) is 0 Å². The van der Waals surface area contributed by atoms with Gasteiger partial charge in [-0.3, -0.25) is 9.78 Å². The molecule has 1 N–H and O–H groups in total. The summed E-state index contributed by atoms with van der Waals surface area (Å²) in [5.41, 5.74) is 0.402. The van der Waals surface area contributed by atoms with Gasteiger partial charge in [0.25, 0.3) is 5.91 Å². The number of nitrogens with zero attached hydrogens (tertiary/aromatic N) is 2. The molecule has 1 aromatic heterocycles. The van der Waals surface area contributed by atoms with Gasteiger partial charge in [0, 0.05) is 32.9 Å². The second-order valence-electron chi connectivity index (χ2n) is 4.17. The second-order valence-corrected chi connectivity index (χ2v) is 4.17. The van der Waals surface area contributed by atoms with E-state index in [-0.39, 0.29) is 5.91 Å². The first-order valence-corrected chi connectivity index (χ1v) is 6.16. The van der Waals surface area contributed by atoms with Crippen LogP contribution in [0.4, 0.5) is 0 Å². The van der Waals surface area contributed by atoms with Gasteiger partial charge in [0.15, 0.2) is 0 Å². The molecular formula is C13H21N3O2. The van der Waals surface area contributed by atoms with Crippen molar-refractivity contribution >= 4 is 5.91 Å². The smallest absolute Gasteiger partial charge is 0.272 e. The van der Waals surface area contributed by atoms with Gasteiger partial charge in [0.05, 0.1) is 0 Å². The Morgan fingerprint density at radius 3 is 2.89 bits per heavy atom. The molecule has 1 aromatic rings. The van der Waals surface area contributed by atoms with Crippen LogP contribution < -0.4 is 10.1 Å². The van der Waals surface area contributed by atoms with E-state index in [1.807, 2.05) is 0 Å². The molecule has 0 saturated heterocycles. The number of ether oxygens (including phenoxy) is 1. The summed E-state index contributed by atoms with van der Waals surface area (Å²) < 4.78 is 5.55. The van der Waals surface area contributed by atoms with Crippen molar-refractivity contribution in [3.8, 4) is 5.75 Å². The van der Waals surface area contributed by atoms with Crippen molar-refractivity contribution in [1.82, 2.24) is 15.2 Å². The normalized spacial score (nSPS) is 10.2. The van der Waals surface area contributed by atoms with Crippen LogP contribution in [0.25, 0.3) is 0 Å². The lowest BCUT2D eigenvalue weighted by molar-refractivity contribution is 0.0821. The first kappa shape index (κ1) is 14.4. The third kappa shape index (κ3) is 4.71. The molecule has 0 aromatic carbocycles. The molecule has 0 unspecified atom stereocenters. The lowest BCUT2D eigenvalue weighted by atomic mass is 10.3. The zero-order valence-corrected chi connectivity index (χ0v) is 11.3. The van der Waals surface area contributed by atoms with Crippen molar-refractivity contribution in [2.75, 3.05) is 33.8 Å².